The molecule has 2 aliphatic rings. The minimum absolute atomic E-state index is 0.132. The summed E-state index contributed by atoms with van der Waals surface area (Å²) < 4.78 is 38.9. The lowest BCUT2D eigenvalue weighted by atomic mass is 10.0. The van der Waals surface area contributed by atoms with Crippen LogP contribution in [0.5, 0.6) is 5.06 Å². The highest BCUT2D eigenvalue weighted by molar-refractivity contribution is 7.89. The highest BCUT2D eigenvalue weighted by atomic mass is 35.5. The number of nitrogens with zero attached hydrogens (tertiary/aromatic N) is 3. The standard InChI is InChI=1S/C21H33ClN4O6S2/c1-16(2)24-8-5-17(6-9-24)26(15-19(27)25-10-12-31-13-11-25)34(29,30)14-7-23-21(28)32-20-4-3-18(22)33-20/h3-4,16-17H,5-15H2,1-2H3,(H,23,28). The summed E-state index contributed by atoms with van der Waals surface area (Å²) in [6.07, 6.45) is 0.556. The molecule has 0 spiro atoms. The number of rotatable bonds is 9. The molecule has 34 heavy (non-hydrogen) atoms. The van der Waals surface area contributed by atoms with Crippen molar-refractivity contribution in [1.29, 1.82) is 0 Å². The van der Waals surface area contributed by atoms with Crippen LogP contribution >= 0.6 is 22.9 Å². The van der Waals surface area contributed by atoms with Crippen molar-refractivity contribution in [3.8, 4) is 5.06 Å². The minimum atomic E-state index is -3.81. The molecule has 2 aliphatic heterocycles. The van der Waals surface area contributed by atoms with Gasteiger partial charge in [-0.3, -0.25) is 4.79 Å². The fourth-order valence-corrected chi connectivity index (χ4v) is 6.51. The third-order valence-corrected chi connectivity index (χ3v) is 8.99. The van der Waals surface area contributed by atoms with E-state index in [9.17, 15) is 18.0 Å². The number of hydrogen-bond acceptors (Lipinski definition) is 8. The van der Waals surface area contributed by atoms with Crippen molar-refractivity contribution in [1.82, 2.24) is 19.4 Å². The molecule has 3 heterocycles. The van der Waals surface area contributed by atoms with Gasteiger partial charge in [-0.1, -0.05) is 22.9 Å². The number of morpholine rings is 1. The van der Waals surface area contributed by atoms with Crippen LogP contribution in [0.1, 0.15) is 26.7 Å². The van der Waals surface area contributed by atoms with E-state index >= 15 is 0 Å². The van der Waals surface area contributed by atoms with Crippen LogP contribution in [0.2, 0.25) is 4.34 Å². The summed E-state index contributed by atoms with van der Waals surface area (Å²) in [5.41, 5.74) is 0. The van der Waals surface area contributed by atoms with Crippen molar-refractivity contribution >= 4 is 45.0 Å². The average Bonchev–Trinajstić information content (AvgIpc) is 3.22. The number of nitrogens with one attached hydrogen (secondary N) is 1. The van der Waals surface area contributed by atoms with Crippen LogP contribution in [0.3, 0.4) is 0 Å². The molecular weight excluding hydrogens is 504 g/mol. The van der Waals surface area contributed by atoms with E-state index in [-0.39, 0.29) is 30.8 Å². The number of ether oxygens (including phenoxy) is 2. The van der Waals surface area contributed by atoms with Crippen LogP contribution in [0.4, 0.5) is 4.79 Å². The van der Waals surface area contributed by atoms with Crippen molar-refractivity contribution in [2.24, 2.45) is 0 Å². The van der Waals surface area contributed by atoms with Gasteiger partial charge in [0.05, 0.1) is 29.8 Å². The summed E-state index contributed by atoms with van der Waals surface area (Å²) in [5.74, 6) is -0.547. The van der Waals surface area contributed by atoms with Crippen molar-refractivity contribution in [3.05, 3.63) is 16.5 Å². The van der Waals surface area contributed by atoms with E-state index in [0.29, 0.717) is 54.6 Å². The van der Waals surface area contributed by atoms with Gasteiger partial charge in [0.15, 0.2) is 5.06 Å². The molecule has 0 atom stereocenters. The highest BCUT2D eigenvalue weighted by Gasteiger charge is 2.35. The smallest absolute Gasteiger partial charge is 0.399 e. The number of halogens is 1. The molecule has 10 nitrogen and oxygen atoms in total. The number of likely N-dealkylation sites (tertiary alicyclic amines) is 1. The lowest BCUT2D eigenvalue weighted by Gasteiger charge is -2.39. The number of piperidine rings is 1. The zero-order valence-corrected chi connectivity index (χ0v) is 22.0. The molecule has 0 radical (unpaired) electrons. The Labute approximate surface area is 210 Å². The lowest BCUT2D eigenvalue weighted by Crippen LogP contribution is -2.54. The first-order valence-electron chi connectivity index (χ1n) is 11.5. The normalized spacial score (nSPS) is 18.4. The second kappa shape index (κ2) is 12.5. The van der Waals surface area contributed by atoms with E-state index in [4.69, 9.17) is 21.1 Å². The van der Waals surface area contributed by atoms with Crippen LogP contribution in [-0.4, -0.2) is 105 Å². The van der Waals surface area contributed by atoms with E-state index in [1.807, 2.05) is 0 Å². The maximum Gasteiger partial charge on any atom is 0.413 e. The van der Waals surface area contributed by atoms with E-state index in [1.165, 1.54) is 4.31 Å². The van der Waals surface area contributed by atoms with Gasteiger partial charge >= 0.3 is 6.09 Å². The van der Waals surface area contributed by atoms with Gasteiger partial charge in [-0.25, -0.2) is 13.2 Å². The summed E-state index contributed by atoms with van der Waals surface area (Å²) >= 11 is 6.92. The summed E-state index contributed by atoms with van der Waals surface area (Å²) in [6, 6.07) is 3.29. The number of carbonyl (C=O) groups is 2. The quantitative estimate of drug-likeness (QED) is 0.513. The number of hydrogen-bond donors (Lipinski definition) is 1. The van der Waals surface area contributed by atoms with Gasteiger partial charge in [0.1, 0.15) is 0 Å². The largest absolute Gasteiger partial charge is 0.413 e. The van der Waals surface area contributed by atoms with Crippen LogP contribution in [0, 0.1) is 0 Å². The maximum atomic E-state index is 13.3. The zero-order chi connectivity index (χ0) is 24.7. The molecule has 2 amide bonds. The summed E-state index contributed by atoms with van der Waals surface area (Å²) in [4.78, 5) is 28.9. The van der Waals surface area contributed by atoms with Gasteiger partial charge in [-0.15, -0.1) is 0 Å². The topological polar surface area (TPSA) is 108 Å². The lowest BCUT2D eigenvalue weighted by molar-refractivity contribution is -0.135. The van der Waals surface area contributed by atoms with Gasteiger partial charge in [0.2, 0.25) is 15.9 Å². The van der Waals surface area contributed by atoms with Crippen LogP contribution in [-0.2, 0) is 19.6 Å². The van der Waals surface area contributed by atoms with E-state index in [2.05, 4.69) is 24.1 Å². The Morgan fingerprint density at radius 2 is 1.91 bits per heavy atom. The van der Waals surface area contributed by atoms with Crippen molar-refractivity contribution in [2.75, 3.05) is 58.2 Å². The molecule has 0 aromatic carbocycles. The van der Waals surface area contributed by atoms with Gasteiger partial charge in [0.25, 0.3) is 0 Å². The first-order valence-corrected chi connectivity index (χ1v) is 14.3. The Morgan fingerprint density at radius 1 is 1.24 bits per heavy atom. The first-order chi connectivity index (χ1) is 16.2. The van der Waals surface area contributed by atoms with Crippen LogP contribution in [0.15, 0.2) is 12.1 Å². The molecule has 1 N–H and O–H groups in total. The molecular formula is C21H33ClN4O6S2. The van der Waals surface area contributed by atoms with Gasteiger partial charge in [0, 0.05) is 31.7 Å². The Hall–Kier alpha value is -1.44. The monoisotopic (exact) mass is 536 g/mol. The second-order valence-corrected chi connectivity index (χ2v) is 12.3. The molecule has 0 saturated carbocycles. The third-order valence-electron chi connectivity index (χ3n) is 6.02. The van der Waals surface area contributed by atoms with Gasteiger partial charge < -0.3 is 24.6 Å². The van der Waals surface area contributed by atoms with Gasteiger partial charge in [-0.05, 0) is 51.9 Å². The summed E-state index contributed by atoms with van der Waals surface area (Å²) in [6.45, 7) is 7.26. The molecule has 3 rings (SSSR count). The minimum Gasteiger partial charge on any atom is -0.399 e. The number of amides is 2. The molecule has 0 bridgehead atoms. The number of thiophene rings is 1. The van der Waals surface area contributed by atoms with Crippen LogP contribution in [0.25, 0.3) is 0 Å². The number of sulfonamides is 1. The predicted molar refractivity (Wildman–Crippen MR) is 131 cm³/mol. The molecule has 2 fully saturated rings. The fraction of sp³-hybridized carbons (Fsp3) is 0.714. The van der Waals surface area contributed by atoms with Crippen molar-refractivity contribution < 1.29 is 27.5 Å². The number of carbonyl (C=O) groups excluding carboxylic acids is 2. The van der Waals surface area contributed by atoms with E-state index in [1.54, 1.807) is 17.0 Å². The SMILES string of the molecule is CC(C)N1CCC(N(CC(=O)N2CCOCC2)S(=O)(=O)CCNC(=O)Oc2ccc(Cl)s2)CC1. The third kappa shape index (κ3) is 7.79. The first kappa shape index (κ1) is 27.2. The highest BCUT2D eigenvalue weighted by Crippen LogP contribution is 2.28. The molecule has 0 aliphatic carbocycles. The molecule has 2 saturated heterocycles. The molecule has 0 unspecified atom stereocenters. The maximum absolute atomic E-state index is 13.3. The second-order valence-electron chi connectivity index (χ2n) is 8.59. The molecule has 1 aromatic heterocycles. The fourth-order valence-electron chi connectivity index (χ4n) is 4.07. The predicted octanol–water partition coefficient (Wildman–Crippen LogP) is 1.85. The van der Waals surface area contributed by atoms with Crippen molar-refractivity contribution in [2.45, 2.75) is 38.8 Å². The Balaban J connectivity index is 1.61. The van der Waals surface area contributed by atoms with Crippen molar-refractivity contribution in [3.63, 3.8) is 0 Å². The Bertz CT molecular complexity index is 927. The Kier molecular flexibility index (Phi) is 9.98. The average molecular weight is 537 g/mol. The summed E-state index contributed by atoms with van der Waals surface area (Å²) in [7, 11) is -3.81. The zero-order valence-electron chi connectivity index (χ0n) is 19.6. The van der Waals surface area contributed by atoms with Gasteiger partial charge in [-0.2, -0.15) is 4.31 Å². The Morgan fingerprint density at radius 3 is 2.50 bits per heavy atom. The summed E-state index contributed by atoms with van der Waals surface area (Å²) in [5, 5.41) is 2.79. The molecule has 192 valence electrons. The van der Waals surface area contributed by atoms with E-state index < -0.39 is 16.1 Å². The molecule has 13 heteroatoms. The van der Waals surface area contributed by atoms with Crippen LogP contribution < -0.4 is 10.1 Å². The molecule has 1 aromatic rings. The van der Waals surface area contributed by atoms with E-state index in [0.717, 1.165) is 24.4 Å².